The molecule has 0 radical (unpaired) electrons. The predicted molar refractivity (Wildman–Crippen MR) is 109 cm³/mol. The zero-order valence-corrected chi connectivity index (χ0v) is 16.8. The molecule has 4 nitrogen and oxygen atoms in total. The van der Waals surface area contributed by atoms with Gasteiger partial charge in [-0.1, -0.05) is 37.1 Å². The van der Waals surface area contributed by atoms with Gasteiger partial charge in [-0.3, -0.25) is 9.20 Å². The van der Waals surface area contributed by atoms with Crippen LogP contribution in [0.2, 0.25) is 5.02 Å². The molecular weight excluding hydrogens is 354 g/mol. The van der Waals surface area contributed by atoms with E-state index in [0.717, 1.165) is 55.4 Å². The van der Waals surface area contributed by atoms with Gasteiger partial charge in [0.25, 0.3) is 0 Å². The molecule has 0 bridgehead atoms. The number of rotatable bonds is 7. The predicted octanol–water partition coefficient (Wildman–Crippen LogP) is 3.52. The summed E-state index contributed by atoms with van der Waals surface area (Å²) in [5.41, 5.74) is 1.20. The molecule has 2 N–H and O–H groups in total. The van der Waals surface area contributed by atoms with E-state index in [1.165, 1.54) is 5.56 Å². The van der Waals surface area contributed by atoms with Crippen LogP contribution < -0.4 is 10.6 Å². The highest BCUT2D eigenvalue weighted by Crippen LogP contribution is 2.23. The smallest absolute Gasteiger partial charge is 0.191 e. The number of hydrogen-bond acceptors (Lipinski definition) is 2. The average Bonchev–Trinajstić information content (AvgIpc) is 2.61. The molecule has 0 aromatic heterocycles. The summed E-state index contributed by atoms with van der Waals surface area (Å²) >= 11 is 6.03. The summed E-state index contributed by atoms with van der Waals surface area (Å²) in [4.78, 5) is 4.70. The van der Waals surface area contributed by atoms with Crippen molar-refractivity contribution in [1.29, 1.82) is 0 Å². The Morgan fingerprint density at radius 2 is 2.20 bits per heavy atom. The number of guanidine groups is 1. The van der Waals surface area contributed by atoms with E-state index < -0.39 is 10.8 Å². The molecule has 1 aromatic carbocycles. The zero-order valence-electron chi connectivity index (χ0n) is 15.3. The van der Waals surface area contributed by atoms with Crippen LogP contribution in [-0.2, 0) is 17.2 Å². The summed E-state index contributed by atoms with van der Waals surface area (Å²) in [5.74, 6) is 1.61. The Balaban J connectivity index is 1.89. The van der Waals surface area contributed by atoms with Gasteiger partial charge in [0.15, 0.2) is 5.96 Å². The Morgan fingerprint density at radius 1 is 1.36 bits per heavy atom. The van der Waals surface area contributed by atoms with Gasteiger partial charge in [0.2, 0.25) is 0 Å². The molecule has 0 heterocycles. The van der Waals surface area contributed by atoms with Crippen molar-refractivity contribution in [3.05, 3.63) is 34.9 Å². The van der Waals surface area contributed by atoms with Gasteiger partial charge in [0, 0.05) is 46.0 Å². The van der Waals surface area contributed by atoms with E-state index >= 15 is 0 Å². The van der Waals surface area contributed by atoms with E-state index in [-0.39, 0.29) is 0 Å². The summed E-state index contributed by atoms with van der Waals surface area (Å²) in [6.45, 7) is 5.63. The molecule has 25 heavy (non-hydrogen) atoms. The fourth-order valence-corrected chi connectivity index (χ4v) is 4.81. The van der Waals surface area contributed by atoms with E-state index in [2.05, 4.69) is 23.6 Å². The van der Waals surface area contributed by atoms with Crippen molar-refractivity contribution in [3.63, 3.8) is 0 Å². The minimum Gasteiger partial charge on any atom is -0.357 e. The van der Waals surface area contributed by atoms with Gasteiger partial charge >= 0.3 is 0 Å². The molecule has 0 aliphatic heterocycles. The average molecular weight is 384 g/mol. The van der Waals surface area contributed by atoms with Gasteiger partial charge in [0.05, 0.1) is 0 Å². The number of benzene rings is 1. The van der Waals surface area contributed by atoms with Crippen LogP contribution in [0.15, 0.2) is 29.3 Å². The maximum Gasteiger partial charge on any atom is 0.191 e. The molecule has 0 spiro atoms. The molecule has 3 unspecified atom stereocenters. The fraction of sp³-hybridized carbons (Fsp3) is 0.632. The highest BCUT2D eigenvalue weighted by atomic mass is 35.5. The van der Waals surface area contributed by atoms with Crippen LogP contribution in [0.4, 0.5) is 0 Å². The maximum atomic E-state index is 12.1. The first-order chi connectivity index (χ1) is 12.1. The first-order valence-electron chi connectivity index (χ1n) is 9.28. The van der Waals surface area contributed by atoms with E-state index in [1.54, 1.807) is 0 Å². The second-order valence-electron chi connectivity index (χ2n) is 6.44. The van der Waals surface area contributed by atoms with Gasteiger partial charge in [-0.25, -0.2) is 0 Å². The van der Waals surface area contributed by atoms with Gasteiger partial charge in [-0.2, -0.15) is 0 Å². The van der Waals surface area contributed by atoms with E-state index in [4.69, 9.17) is 16.6 Å². The SMILES string of the molecule is CCNC(=NCCc1cccc(Cl)c1)NC1CCCC(S(=O)CC)C1. The summed E-state index contributed by atoms with van der Waals surface area (Å²) in [6, 6.07) is 8.29. The topological polar surface area (TPSA) is 53.5 Å². The second kappa shape index (κ2) is 10.8. The zero-order chi connectivity index (χ0) is 18.1. The molecule has 1 fully saturated rings. The van der Waals surface area contributed by atoms with Gasteiger partial charge < -0.3 is 10.6 Å². The Morgan fingerprint density at radius 3 is 2.92 bits per heavy atom. The summed E-state index contributed by atoms with van der Waals surface area (Å²) in [7, 11) is -0.698. The first-order valence-corrected chi connectivity index (χ1v) is 11.0. The lowest BCUT2D eigenvalue weighted by Crippen LogP contribution is -2.46. The van der Waals surface area contributed by atoms with Crippen molar-refractivity contribution in [2.45, 2.75) is 57.2 Å². The third-order valence-electron chi connectivity index (χ3n) is 4.53. The normalized spacial score (nSPS) is 22.4. The number of nitrogens with one attached hydrogen (secondary N) is 2. The van der Waals surface area contributed by atoms with Crippen molar-refractivity contribution in [2.24, 2.45) is 4.99 Å². The highest BCUT2D eigenvalue weighted by Gasteiger charge is 2.25. The lowest BCUT2D eigenvalue weighted by molar-refractivity contribution is 0.413. The van der Waals surface area contributed by atoms with Gasteiger partial charge in [-0.05, 0) is 50.3 Å². The molecule has 140 valence electrons. The number of hydrogen-bond donors (Lipinski definition) is 2. The Kier molecular flexibility index (Phi) is 8.76. The number of aliphatic imine (C=N–C) groups is 1. The van der Waals surface area contributed by atoms with Crippen LogP contribution in [0, 0.1) is 0 Å². The maximum absolute atomic E-state index is 12.1. The van der Waals surface area contributed by atoms with Crippen LogP contribution in [0.3, 0.4) is 0 Å². The molecular formula is C19H30ClN3OS. The number of nitrogens with zero attached hydrogens (tertiary/aromatic N) is 1. The Hall–Kier alpha value is -1.07. The van der Waals surface area contributed by atoms with Crippen molar-refractivity contribution in [2.75, 3.05) is 18.8 Å². The molecule has 6 heteroatoms. The van der Waals surface area contributed by atoms with E-state index in [1.807, 2.05) is 25.1 Å². The summed E-state index contributed by atoms with van der Waals surface area (Å²) in [6.07, 6.45) is 5.18. The molecule has 1 aliphatic rings. The highest BCUT2D eigenvalue weighted by molar-refractivity contribution is 7.85. The fourth-order valence-electron chi connectivity index (χ4n) is 3.25. The van der Waals surface area contributed by atoms with Gasteiger partial charge in [0.1, 0.15) is 0 Å². The standard InChI is InChI=1S/C19H30ClN3OS/c1-3-21-19(22-12-11-15-7-5-8-16(20)13-15)23-17-9-6-10-18(14-17)25(24)4-2/h5,7-8,13,17-18H,3-4,6,9-12,14H2,1-2H3,(H2,21,22,23). The first kappa shape index (κ1) is 20.2. The monoisotopic (exact) mass is 383 g/mol. The molecule has 1 saturated carbocycles. The van der Waals surface area contributed by atoms with Gasteiger partial charge in [-0.15, -0.1) is 0 Å². The van der Waals surface area contributed by atoms with Crippen molar-refractivity contribution >= 4 is 28.4 Å². The van der Waals surface area contributed by atoms with Crippen molar-refractivity contribution < 1.29 is 4.21 Å². The summed E-state index contributed by atoms with van der Waals surface area (Å²) in [5, 5.41) is 7.96. The quantitative estimate of drug-likeness (QED) is 0.559. The van der Waals surface area contributed by atoms with E-state index in [9.17, 15) is 4.21 Å². The second-order valence-corrected chi connectivity index (χ2v) is 8.88. The van der Waals surface area contributed by atoms with Crippen LogP contribution in [0.5, 0.6) is 0 Å². The molecule has 2 rings (SSSR count). The van der Waals surface area contributed by atoms with Crippen LogP contribution in [0.25, 0.3) is 0 Å². The Bertz CT molecular complexity index is 594. The van der Waals surface area contributed by atoms with E-state index in [0.29, 0.717) is 17.8 Å². The molecule has 0 amide bonds. The van der Waals surface area contributed by atoms with Crippen molar-refractivity contribution in [3.8, 4) is 0 Å². The molecule has 0 saturated heterocycles. The van der Waals surface area contributed by atoms with Crippen LogP contribution >= 0.6 is 11.6 Å². The van der Waals surface area contributed by atoms with Crippen molar-refractivity contribution in [1.82, 2.24) is 10.6 Å². The Labute approximate surface area is 159 Å². The third kappa shape index (κ3) is 6.98. The lowest BCUT2D eigenvalue weighted by Gasteiger charge is -2.30. The number of halogens is 1. The minimum absolute atomic E-state index is 0.325. The molecule has 1 aromatic rings. The molecule has 1 aliphatic carbocycles. The minimum atomic E-state index is -0.698. The van der Waals surface area contributed by atoms with Crippen LogP contribution in [0.1, 0.15) is 45.1 Å². The lowest BCUT2D eigenvalue weighted by atomic mass is 9.95. The largest absolute Gasteiger partial charge is 0.357 e. The van der Waals surface area contributed by atoms with Crippen LogP contribution in [-0.4, -0.2) is 40.3 Å². The summed E-state index contributed by atoms with van der Waals surface area (Å²) < 4.78 is 12.1. The molecule has 3 atom stereocenters. The third-order valence-corrected chi connectivity index (χ3v) is 6.50.